The van der Waals surface area contributed by atoms with Crippen molar-refractivity contribution >= 4 is 29.0 Å². The molecule has 126 valence electrons. The Morgan fingerprint density at radius 2 is 1.96 bits per heavy atom. The second kappa shape index (κ2) is 7.14. The third-order valence-electron chi connectivity index (χ3n) is 3.47. The van der Waals surface area contributed by atoms with Crippen molar-refractivity contribution in [1.82, 2.24) is 9.78 Å². The Hall–Kier alpha value is -3.19. The van der Waals surface area contributed by atoms with Crippen LogP contribution in [0.15, 0.2) is 60.8 Å². The predicted octanol–water partition coefficient (Wildman–Crippen LogP) is 3.75. The van der Waals surface area contributed by atoms with Gasteiger partial charge in [0.15, 0.2) is 5.82 Å². The highest BCUT2D eigenvalue weighted by Crippen LogP contribution is 2.25. The van der Waals surface area contributed by atoms with Crippen LogP contribution < -0.4 is 5.32 Å². The lowest BCUT2D eigenvalue weighted by Crippen LogP contribution is -2.13. The summed E-state index contributed by atoms with van der Waals surface area (Å²) in [5.41, 5.74) is 0.898. The molecule has 3 rings (SSSR count). The molecule has 1 aromatic heterocycles. The van der Waals surface area contributed by atoms with Gasteiger partial charge in [-0.2, -0.15) is 5.10 Å². The maximum atomic E-state index is 12.2. The number of aromatic nitrogens is 2. The number of carbonyl (C=O) groups excluding carboxylic acids is 1. The Kier molecular flexibility index (Phi) is 4.76. The summed E-state index contributed by atoms with van der Waals surface area (Å²) in [5.74, 6) is -0.136. The maximum absolute atomic E-state index is 12.2. The largest absolute Gasteiger partial charge is 0.305 e. The van der Waals surface area contributed by atoms with Gasteiger partial charge in [0, 0.05) is 23.9 Å². The van der Waals surface area contributed by atoms with E-state index in [0.29, 0.717) is 12.4 Å². The molecule has 0 radical (unpaired) electrons. The number of nitro groups is 1. The molecular weight excluding hydrogens is 344 g/mol. The van der Waals surface area contributed by atoms with Gasteiger partial charge in [0.2, 0.25) is 0 Å². The highest BCUT2D eigenvalue weighted by atomic mass is 35.5. The number of benzene rings is 2. The van der Waals surface area contributed by atoms with Crippen molar-refractivity contribution in [3.8, 4) is 0 Å². The van der Waals surface area contributed by atoms with E-state index in [-0.39, 0.29) is 16.3 Å². The molecule has 0 bridgehead atoms. The normalized spacial score (nSPS) is 10.4. The maximum Gasteiger partial charge on any atom is 0.288 e. The SMILES string of the molecule is O=C(Nc1ccn(Cc2ccccc2)n1)c1ccc(Cl)c([N+](=O)[O-])c1. The standard InChI is InChI=1S/C17H13ClN4O3/c18-14-7-6-13(10-15(14)22(24)25)17(23)19-16-8-9-21(20-16)11-12-4-2-1-3-5-12/h1-10H,11H2,(H,19,20,23). The van der Waals surface area contributed by atoms with Gasteiger partial charge in [-0.1, -0.05) is 41.9 Å². The first-order chi connectivity index (χ1) is 12.0. The number of halogens is 1. The number of hydrogen-bond acceptors (Lipinski definition) is 4. The van der Waals surface area contributed by atoms with Crippen LogP contribution in [-0.2, 0) is 6.54 Å². The van der Waals surface area contributed by atoms with Crippen LogP contribution in [0, 0.1) is 10.1 Å². The molecule has 0 aliphatic carbocycles. The molecule has 8 heteroatoms. The van der Waals surface area contributed by atoms with E-state index < -0.39 is 10.8 Å². The second-order valence-corrected chi connectivity index (χ2v) is 5.67. The molecule has 0 aliphatic rings. The fourth-order valence-corrected chi connectivity index (χ4v) is 2.46. The Morgan fingerprint density at radius 1 is 1.20 bits per heavy atom. The summed E-state index contributed by atoms with van der Waals surface area (Å²) >= 11 is 5.75. The number of amides is 1. The van der Waals surface area contributed by atoms with E-state index >= 15 is 0 Å². The Balaban J connectivity index is 1.71. The van der Waals surface area contributed by atoms with Crippen LogP contribution in [0.1, 0.15) is 15.9 Å². The minimum Gasteiger partial charge on any atom is -0.305 e. The summed E-state index contributed by atoms with van der Waals surface area (Å²) in [4.78, 5) is 22.5. The van der Waals surface area contributed by atoms with Crippen molar-refractivity contribution in [2.45, 2.75) is 6.54 Å². The topological polar surface area (TPSA) is 90.1 Å². The van der Waals surface area contributed by atoms with E-state index in [4.69, 9.17) is 11.6 Å². The third-order valence-corrected chi connectivity index (χ3v) is 3.79. The lowest BCUT2D eigenvalue weighted by molar-refractivity contribution is -0.384. The first-order valence-corrected chi connectivity index (χ1v) is 7.73. The second-order valence-electron chi connectivity index (χ2n) is 5.26. The van der Waals surface area contributed by atoms with E-state index in [1.807, 2.05) is 30.3 Å². The van der Waals surface area contributed by atoms with Gasteiger partial charge in [0.25, 0.3) is 11.6 Å². The summed E-state index contributed by atoms with van der Waals surface area (Å²) in [6, 6.07) is 15.3. The van der Waals surface area contributed by atoms with Gasteiger partial charge in [-0.25, -0.2) is 0 Å². The molecule has 0 fully saturated rings. The summed E-state index contributed by atoms with van der Waals surface area (Å²) in [7, 11) is 0. The van der Waals surface area contributed by atoms with Crippen LogP contribution in [0.2, 0.25) is 5.02 Å². The van der Waals surface area contributed by atoms with Crippen LogP contribution in [0.5, 0.6) is 0 Å². The monoisotopic (exact) mass is 356 g/mol. The molecular formula is C17H13ClN4O3. The van der Waals surface area contributed by atoms with E-state index in [1.54, 1.807) is 16.9 Å². The smallest absolute Gasteiger partial charge is 0.288 e. The number of carbonyl (C=O) groups is 1. The van der Waals surface area contributed by atoms with Crippen LogP contribution in [0.4, 0.5) is 11.5 Å². The highest BCUT2D eigenvalue weighted by molar-refractivity contribution is 6.32. The van der Waals surface area contributed by atoms with Crippen LogP contribution in [-0.4, -0.2) is 20.6 Å². The summed E-state index contributed by atoms with van der Waals surface area (Å²) in [5, 5.41) is 17.8. The number of anilines is 1. The van der Waals surface area contributed by atoms with Gasteiger partial charge < -0.3 is 5.32 Å². The van der Waals surface area contributed by atoms with Crippen molar-refractivity contribution in [3.63, 3.8) is 0 Å². The fourth-order valence-electron chi connectivity index (χ4n) is 2.27. The van der Waals surface area contributed by atoms with E-state index in [1.165, 1.54) is 12.1 Å². The zero-order chi connectivity index (χ0) is 17.8. The first-order valence-electron chi connectivity index (χ1n) is 7.35. The minimum absolute atomic E-state index is 0.0197. The number of nitrogens with zero attached hydrogens (tertiary/aromatic N) is 3. The number of rotatable bonds is 5. The third kappa shape index (κ3) is 4.02. The quantitative estimate of drug-likeness (QED) is 0.557. The van der Waals surface area contributed by atoms with E-state index in [0.717, 1.165) is 11.6 Å². The molecule has 0 aliphatic heterocycles. The summed E-state index contributed by atoms with van der Waals surface area (Å²) < 4.78 is 1.69. The van der Waals surface area contributed by atoms with Crippen molar-refractivity contribution < 1.29 is 9.72 Å². The molecule has 0 saturated heterocycles. The van der Waals surface area contributed by atoms with Crippen molar-refractivity contribution in [2.75, 3.05) is 5.32 Å². The number of nitrogens with one attached hydrogen (secondary N) is 1. The van der Waals surface area contributed by atoms with E-state index in [9.17, 15) is 14.9 Å². The molecule has 3 aromatic rings. The number of hydrogen-bond donors (Lipinski definition) is 1. The molecule has 0 saturated carbocycles. The lowest BCUT2D eigenvalue weighted by atomic mass is 10.2. The summed E-state index contributed by atoms with van der Waals surface area (Å²) in [6.45, 7) is 0.573. The predicted molar refractivity (Wildman–Crippen MR) is 93.8 cm³/mol. The fraction of sp³-hybridized carbons (Fsp3) is 0.0588. The average Bonchev–Trinajstić information content (AvgIpc) is 3.02. The Labute approximate surface area is 148 Å². The van der Waals surface area contributed by atoms with Crippen LogP contribution in [0.25, 0.3) is 0 Å². The van der Waals surface area contributed by atoms with Gasteiger partial charge in [-0.15, -0.1) is 0 Å². The zero-order valence-electron chi connectivity index (χ0n) is 12.9. The molecule has 1 amide bonds. The van der Waals surface area contributed by atoms with Crippen molar-refractivity contribution in [1.29, 1.82) is 0 Å². The number of nitro benzene ring substituents is 1. The zero-order valence-corrected chi connectivity index (χ0v) is 13.7. The van der Waals surface area contributed by atoms with Gasteiger partial charge in [-0.3, -0.25) is 19.6 Å². The van der Waals surface area contributed by atoms with Gasteiger partial charge >= 0.3 is 0 Å². The first kappa shape index (κ1) is 16.7. The van der Waals surface area contributed by atoms with Gasteiger partial charge in [0.05, 0.1) is 11.5 Å². The molecule has 0 unspecified atom stereocenters. The molecule has 7 nitrogen and oxygen atoms in total. The highest BCUT2D eigenvalue weighted by Gasteiger charge is 2.16. The Bertz CT molecular complexity index is 925. The molecule has 0 spiro atoms. The van der Waals surface area contributed by atoms with Crippen LogP contribution in [0.3, 0.4) is 0 Å². The summed E-state index contributed by atoms with van der Waals surface area (Å²) in [6.07, 6.45) is 1.74. The molecule has 0 atom stereocenters. The lowest BCUT2D eigenvalue weighted by Gasteiger charge is -2.04. The molecule has 25 heavy (non-hydrogen) atoms. The molecule has 2 aromatic carbocycles. The minimum atomic E-state index is -0.631. The molecule has 1 heterocycles. The van der Waals surface area contributed by atoms with Crippen LogP contribution >= 0.6 is 11.6 Å². The molecule has 1 N–H and O–H groups in total. The van der Waals surface area contributed by atoms with E-state index in [2.05, 4.69) is 10.4 Å². The van der Waals surface area contributed by atoms with Crippen molar-refractivity contribution in [2.24, 2.45) is 0 Å². The van der Waals surface area contributed by atoms with Gasteiger partial charge in [0.1, 0.15) is 5.02 Å². The Morgan fingerprint density at radius 3 is 2.68 bits per heavy atom. The van der Waals surface area contributed by atoms with Crippen molar-refractivity contribution in [3.05, 3.63) is 87.1 Å². The average molecular weight is 357 g/mol. The van der Waals surface area contributed by atoms with Gasteiger partial charge in [-0.05, 0) is 17.7 Å².